The van der Waals surface area contributed by atoms with Crippen molar-refractivity contribution in [1.29, 1.82) is 0 Å². The van der Waals surface area contributed by atoms with Gasteiger partial charge in [-0.2, -0.15) is 4.98 Å². The molecule has 19 heavy (non-hydrogen) atoms. The quantitative estimate of drug-likeness (QED) is 0.931. The number of nitrogens with two attached hydrogens (primary N) is 1. The van der Waals surface area contributed by atoms with Crippen molar-refractivity contribution in [2.24, 2.45) is 0 Å². The third-order valence-electron chi connectivity index (χ3n) is 3.01. The average molecular weight is 277 g/mol. The molecule has 100 valence electrons. The molecule has 2 N–H and O–H groups in total. The lowest BCUT2D eigenvalue weighted by Crippen LogP contribution is -2.24. The van der Waals surface area contributed by atoms with Crippen LogP contribution in [0.15, 0.2) is 30.5 Å². The molecule has 0 spiro atoms. The summed E-state index contributed by atoms with van der Waals surface area (Å²) in [7, 11) is 0. The molecule has 1 aromatic heterocycles. The third-order valence-corrected chi connectivity index (χ3v) is 3.26. The first-order chi connectivity index (χ1) is 9.15. The van der Waals surface area contributed by atoms with Gasteiger partial charge in [0.05, 0.1) is 0 Å². The SMILES string of the molecule is CCN(CC)c1ncc(-c2ccc(Cl)cc2)c(N)n1. The fourth-order valence-corrected chi connectivity index (χ4v) is 2.02. The Morgan fingerprint density at radius 2 is 1.79 bits per heavy atom. The Bertz CT molecular complexity index is 550. The Balaban J connectivity index is 2.36. The zero-order valence-corrected chi connectivity index (χ0v) is 11.9. The van der Waals surface area contributed by atoms with E-state index in [1.165, 1.54) is 0 Å². The maximum Gasteiger partial charge on any atom is 0.227 e. The van der Waals surface area contributed by atoms with Gasteiger partial charge in [-0.15, -0.1) is 0 Å². The Morgan fingerprint density at radius 3 is 2.32 bits per heavy atom. The lowest BCUT2D eigenvalue weighted by molar-refractivity contribution is 0.823. The van der Waals surface area contributed by atoms with Gasteiger partial charge in [-0.3, -0.25) is 0 Å². The van der Waals surface area contributed by atoms with E-state index in [9.17, 15) is 0 Å². The maximum absolute atomic E-state index is 6.03. The molecule has 0 saturated carbocycles. The van der Waals surface area contributed by atoms with E-state index in [-0.39, 0.29) is 0 Å². The van der Waals surface area contributed by atoms with Gasteiger partial charge in [0.1, 0.15) is 5.82 Å². The zero-order chi connectivity index (χ0) is 13.8. The van der Waals surface area contributed by atoms with Crippen molar-refractivity contribution in [2.75, 3.05) is 23.7 Å². The van der Waals surface area contributed by atoms with E-state index in [4.69, 9.17) is 17.3 Å². The summed E-state index contributed by atoms with van der Waals surface area (Å²) in [6, 6.07) is 7.48. The fraction of sp³-hybridized carbons (Fsp3) is 0.286. The number of halogens is 1. The Hall–Kier alpha value is -1.81. The minimum absolute atomic E-state index is 0.485. The number of nitrogens with zero attached hydrogens (tertiary/aromatic N) is 3. The lowest BCUT2D eigenvalue weighted by atomic mass is 10.1. The van der Waals surface area contributed by atoms with E-state index in [1.807, 2.05) is 24.3 Å². The van der Waals surface area contributed by atoms with Gasteiger partial charge >= 0.3 is 0 Å². The average Bonchev–Trinajstić information content (AvgIpc) is 2.42. The molecule has 5 heteroatoms. The van der Waals surface area contributed by atoms with Crippen LogP contribution < -0.4 is 10.6 Å². The number of nitrogen functional groups attached to an aromatic ring is 1. The summed E-state index contributed by atoms with van der Waals surface area (Å²) >= 11 is 5.87. The van der Waals surface area contributed by atoms with Crippen molar-refractivity contribution in [3.05, 3.63) is 35.5 Å². The number of aromatic nitrogens is 2. The standard InChI is InChI=1S/C14H17ClN4/c1-3-19(4-2)14-17-9-12(13(16)18-14)10-5-7-11(15)8-6-10/h5-9H,3-4H2,1-2H3,(H2,16,17,18). The van der Waals surface area contributed by atoms with Gasteiger partial charge in [-0.05, 0) is 31.5 Å². The van der Waals surface area contributed by atoms with Crippen molar-refractivity contribution in [1.82, 2.24) is 9.97 Å². The fourth-order valence-electron chi connectivity index (χ4n) is 1.90. The Labute approximate surface area is 118 Å². The summed E-state index contributed by atoms with van der Waals surface area (Å²) < 4.78 is 0. The highest BCUT2D eigenvalue weighted by atomic mass is 35.5. The molecule has 2 rings (SSSR count). The highest BCUT2D eigenvalue weighted by molar-refractivity contribution is 6.30. The second-order valence-electron chi connectivity index (χ2n) is 4.15. The van der Waals surface area contributed by atoms with Crippen LogP contribution in [0.25, 0.3) is 11.1 Å². The molecule has 2 aromatic rings. The molecule has 0 fully saturated rings. The second kappa shape index (κ2) is 5.89. The van der Waals surface area contributed by atoms with Crippen LogP contribution in [0, 0.1) is 0 Å². The molecule has 0 atom stereocenters. The monoisotopic (exact) mass is 276 g/mol. The molecular formula is C14H17ClN4. The zero-order valence-electron chi connectivity index (χ0n) is 11.1. The van der Waals surface area contributed by atoms with Crippen LogP contribution in [0.1, 0.15) is 13.8 Å². The van der Waals surface area contributed by atoms with E-state index in [1.54, 1.807) is 6.20 Å². The van der Waals surface area contributed by atoms with Crippen LogP contribution in [-0.4, -0.2) is 23.1 Å². The van der Waals surface area contributed by atoms with Crippen molar-refractivity contribution < 1.29 is 0 Å². The predicted octanol–water partition coefficient (Wildman–Crippen LogP) is 3.23. The van der Waals surface area contributed by atoms with Gasteiger partial charge in [-0.25, -0.2) is 4.98 Å². The van der Waals surface area contributed by atoms with Gasteiger partial charge in [0, 0.05) is 29.9 Å². The van der Waals surface area contributed by atoms with Crippen LogP contribution in [0.5, 0.6) is 0 Å². The largest absolute Gasteiger partial charge is 0.383 e. The topological polar surface area (TPSA) is 55.0 Å². The van der Waals surface area contributed by atoms with E-state index in [0.717, 1.165) is 24.2 Å². The molecule has 0 aliphatic rings. The van der Waals surface area contributed by atoms with Gasteiger partial charge in [0.2, 0.25) is 5.95 Å². The van der Waals surface area contributed by atoms with Crippen molar-refractivity contribution in [3.63, 3.8) is 0 Å². The van der Waals surface area contributed by atoms with E-state index in [0.29, 0.717) is 16.8 Å². The summed E-state index contributed by atoms with van der Waals surface area (Å²) in [5, 5.41) is 0.697. The Kier molecular flexibility index (Phi) is 4.22. The summed E-state index contributed by atoms with van der Waals surface area (Å²) in [5.74, 6) is 1.15. The molecule has 0 aliphatic carbocycles. The van der Waals surface area contributed by atoms with Crippen molar-refractivity contribution >= 4 is 23.4 Å². The van der Waals surface area contributed by atoms with Gasteiger partial charge in [0.25, 0.3) is 0 Å². The first-order valence-electron chi connectivity index (χ1n) is 6.29. The number of rotatable bonds is 4. The van der Waals surface area contributed by atoms with Crippen molar-refractivity contribution in [3.8, 4) is 11.1 Å². The second-order valence-corrected chi connectivity index (χ2v) is 4.58. The normalized spacial score (nSPS) is 10.5. The van der Waals surface area contributed by atoms with Crippen LogP contribution in [-0.2, 0) is 0 Å². The molecule has 1 aromatic carbocycles. The minimum Gasteiger partial charge on any atom is -0.383 e. The van der Waals surface area contributed by atoms with Gasteiger partial charge in [0.15, 0.2) is 0 Å². The third kappa shape index (κ3) is 2.96. The molecule has 1 heterocycles. The minimum atomic E-state index is 0.485. The first-order valence-corrected chi connectivity index (χ1v) is 6.66. The first kappa shape index (κ1) is 13.6. The van der Waals surface area contributed by atoms with Crippen molar-refractivity contribution in [2.45, 2.75) is 13.8 Å². The van der Waals surface area contributed by atoms with Gasteiger partial charge < -0.3 is 10.6 Å². The molecule has 0 radical (unpaired) electrons. The molecule has 0 aliphatic heterocycles. The van der Waals surface area contributed by atoms with Crippen LogP contribution in [0.3, 0.4) is 0 Å². The number of hydrogen-bond donors (Lipinski definition) is 1. The molecule has 0 bridgehead atoms. The summed E-state index contributed by atoms with van der Waals surface area (Å²) in [5.41, 5.74) is 7.82. The molecule has 4 nitrogen and oxygen atoms in total. The number of anilines is 2. The predicted molar refractivity (Wildman–Crippen MR) is 80.5 cm³/mol. The highest BCUT2D eigenvalue weighted by Gasteiger charge is 2.10. The Morgan fingerprint density at radius 1 is 1.16 bits per heavy atom. The van der Waals surface area contributed by atoms with Crippen LogP contribution in [0.4, 0.5) is 11.8 Å². The molecule has 0 unspecified atom stereocenters. The van der Waals surface area contributed by atoms with E-state index in [2.05, 4.69) is 28.7 Å². The van der Waals surface area contributed by atoms with Crippen LogP contribution in [0.2, 0.25) is 5.02 Å². The van der Waals surface area contributed by atoms with Crippen LogP contribution >= 0.6 is 11.6 Å². The van der Waals surface area contributed by atoms with E-state index >= 15 is 0 Å². The molecule has 0 saturated heterocycles. The summed E-state index contributed by atoms with van der Waals surface area (Å²) in [6.45, 7) is 5.85. The summed E-state index contributed by atoms with van der Waals surface area (Å²) in [4.78, 5) is 10.8. The molecular weight excluding hydrogens is 260 g/mol. The number of hydrogen-bond acceptors (Lipinski definition) is 4. The van der Waals surface area contributed by atoms with Gasteiger partial charge in [-0.1, -0.05) is 23.7 Å². The number of benzene rings is 1. The molecule has 0 amide bonds. The maximum atomic E-state index is 6.03. The van der Waals surface area contributed by atoms with E-state index < -0.39 is 0 Å². The summed E-state index contributed by atoms with van der Waals surface area (Å²) in [6.07, 6.45) is 1.76. The highest BCUT2D eigenvalue weighted by Crippen LogP contribution is 2.26. The lowest BCUT2D eigenvalue weighted by Gasteiger charge is -2.19. The smallest absolute Gasteiger partial charge is 0.227 e.